The summed E-state index contributed by atoms with van der Waals surface area (Å²) in [5, 5.41) is 7.11. The summed E-state index contributed by atoms with van der Waals surface area (Å²) < 4.78 is 0. The Morgan fingerprint density at radius 3 is 2.75 bits per heavy atom. The lowest BCUT2D eigenvalue weighted by Crippen LogP contribution is -2.33. The molecule has 0 spiro atoms. The van der Waals surface area contributed by atoms with Crippen LogP contribution < -0.4 is 16.4 Å². The summed E-state index contributed by atoms with van der Waals surface area (Å²) in [6, 6.07) is 9.60. The third-order valence-electron chi connectivity index (χ3n) is 4.77. The first kappa shape index (κ1) is 18.4. The number of nitrogens with two attached hydrogens (primary N) is 1. The minimum Gasteiger partial charge on any atom is -0.368 e. The summed E-state index contributed by atoms with van der Waals surface area (Å²) >= 11 is 1.78. The first-order valence-corrected chi connectivity index (χ1v) is 10.3. The van der Waals surface area contributed by atoms with E-state index in [4.69, 9.17) is 15.7 Å². The van der Waals surface area contributed by atoms with Gasteiger partial charge in [-0.3, -0.25) is 0 Å². The molecule has 2 heterocycles. The van der Waals surface area contributed by atoms with Gasteiger partial charge in [-0.25, -0.2) is 14.8 Å². The summed E-state index contributed by atoms with van der Waals surface area (Å²) in [5.74, 6) is 1.52. The number of urea groups is 1. The van der Waals surface area contributed by atoms with Gasteiger partial charge in [0.1, 0.15) is 10.6 Å². The molecule has 4 rings (SSSR count). The van der Waals surface area contributed by atoms with Crippen molar-refractivity contribution in [3.63, 3.8) is 0 Å². The summed E-state index contributed by atoms with van der Waals surface area (Å²) in [6.07, 6.45) is 8.60. The van der Waals surface area contributed by atoms with Crippen LogP contribution in [0, 0.1) is 0 Å². The molecule has 2 amide bonds. The Kier molecular flexibility index (Phi) is 5.53. The Labute approximate surface area is 167 Å². The van der Waals surface area contributed by atoms with Gasteiger partial charge < -0.3 is 16.4 Å². The van der Waals surface area contributed by atoms with E-state index in [2.05, 4.69) is 10.6 Å². The Balaban J connectivity index is 1.67. The molecule has 1 aliphatic carbocycles. The van der Waals surface area contributed by atoms with E-state index in [1.54, 1.807) is 11.3 Å². The van der Waals surface area contributed by atoms with E-state index >= 15 is 0 Å². The van der Waals surface area contributed by atoms with E-state index in [0.29, 0.717) is 18.9 Å². The van der Waals surface area contributed by atoms with E-state index in [1.165, 1.54) is 23.3 Å². The molecule has 0 fully saturated rings. The van der Waals surface area contributed by atoms with Crippen molar-refractivity contribution in [2.24, 2.45) is 5.73 Å². The molecule has 1 aliphatic rings. The number of nitrogens with zero attached hydrogens (tertiary/aromatic N) is 2. The maximum absolute atomic E-state index is 10.9. The fourth-order valence-electron chi connectivity index (χ4n) is 3.48. The number of amides is 2. The van der Waals surface area contributed by atoms with E-state index in [1.807, 2.05) is 42.5 Å². The van der Waals surface area contributed by atoms with Crippen molar-refractivity contribution in [1.82, 2.24) is 15.3 Å². The third kappa shape index (κ3) is 4.14. The molecule has 0 bridgehead atoms. The van der Waals surface area contributed by atoms with Gasteiger partial charge >= 0.3 is 6.03 Å². The lowest BCUT2D eigenvalue weighted by Gasteiger charge is -2.13. The highest BCUT2D eigenvalue weighted by Gasteiger charge is 2.20. The van der Waals surface area contributed by atoms with Crippen LogP contribution >= 0.6 is 11.3 Å². The van der Waals surface area contributed by atoms with Gasteiger partial charge in [0.05, 0.1) is 5.39 Å². The molecule has 1 aromatic carbocycles. The Morgan fingerprint density at radius 1 is 1.11 bits per heavy atom. The van der Waals surface area contributed by atoms with Crippen LogP contribution in [0.1, 0.15) is 34.7 Å². The first-order chi connectivity index (χ1) is 13.7. The number of carbonyl (C=O) groups excluding carboxylic acids is 1. The van der Waals surface area contributed by atoms with Crippen LogP contribution in [0.25, 0.3) is 22.4 Å². The lowest BCUT2D eigenvalue weighted by atomic mass is 9.97. The maximum atomic E-state index is 10.9. The van der Waals surface area contributed by atoms with Crippen molar-refractivity contribution in [3.05, 3.63) is 52.2 Å². The second-order valence-corrected chi connectivity index (χ2v) is 7.87. The predicted octanol–water partition coefficient (Wildman–Crippen LogP) is 3.82. The number of hydrogen-bond donors (Lipinski definition) is 3. The summed E-state index contributed by atoms with van der Waals surface area (Å²) in [7, 11) is 0. The average Bonchev–Trinajstić information content (AvgIpc) is 3.09. The van der Waals surface area contributed by atoms with Crippen molar-refractivity contribution in [3.8, 4) is 0 Å². The molecular formula is C21H23N5OS. The van der Waals surface area contributed by atoms with Crippen molar-refractivity contribution in [2.45, 2.75) is 25.7 Å². The molecule has 3 aromatic rings. The van der Waals surface area contributed by atoms with Crippen molar-refractivity contribution in [1.29, 1.82) is 0 Å². The van der Waals surface area contributed by atoms with Crippen molar-refractivity contribution >= 4 is 45.6 Å². The average molecular weight is 394 g/mol. The molecule has 6 nitrogen and oxygen atoms in total. The number of hydrogen-bond acceptors (Lipinski definition) is 5. The maximum Gasteiger partial charge on any atom is 0.312 e. The molecule has 0 unspecified atom stereocenters. The summed E-state index contributed by atoms with van der Waals surface area (Å²) in [5.41, 5.74) is 7.64. The summed E-state index contributed by atoms with van der Waals surface area (Å²) in [4.78, 5) is 22.9. The fourth-order valence-corrected chi connectivity index (χ4v) is 4.75. The number of carbonyl (C=O) groups is 1. The highest BCUT2D eigenvalue weighted by Crippen LogP contribution is 2.38. The SMILES string of the molecule is NC(=O)NCCNc1nc(C=Cc2ccccc2)nc2sc3c(c12)CCCC3. The molecule has 0 saturated heterocycles. The van der Waals surface area contributed by atoms with Crippen molar-refractivity contribution < 1.29 is 4.79 Å². The van der Waals surface area contributed by atoms with Gasteiger partial charge in [0.15, 0.2) is 5.82 Å². The van der Waals surface area contributed by atoms with Crippen LogP contribution in [0.4, 0.5) is 10.6 Å². The Morgan fingerprint density at radius 2 is 1.93 bits per heavy atom. The van der Waals surface area contributed by atoms with Gasteiger partial charge in [-0.15, -0.1) is 11.3 Å². The second kappa shape index (κ2) is 8.39. The van der Waals surface area contributed by atoms with Gasteiger partial charge in [-0.05, 0) is 42.9 Å². The normalized spacial score (nSPS) is 13.6. The summed E-state index contributed by atoms with van der Waals surface area (Å²) in [6.45, 7) is 1.00. The predicted molar refractivity (Wildman–Crippen MR) is 116 cm³/mol. The number of nitrogens with one attached hydrogen (secondary N) is 2. The van der Waals surface area contributed by atoms with Crippen molar-refractivity contribution in [2.75, 3.05) is 18.4 Å². The van der Waals surface area contributed by atoms with Gasteiger partial charge in [0, 0.05) is 18.0 Å². The van der Waals surface area contributed by atoms with E-state index in [9.17, 15) is 4.79 Å². The smallest absolute Gasteiger partial charge is 0.312 e. The zero-order valence-electron chi connectivity index (χ0n) is 15.6. The zero-order valence-corrected chi connectivity index (χ0v) is 16.4. The molecule has 4 N–H and O–H groups in total. The Hall–Kier alpha value is -2.93. The van der Waals surface area contributed by atoms with Crippen LogP contribution in [0.15, 0.2) is 30.3 Å². The highest BCUT2D eigenvalue weighted by molar-refractivity contribution is 7.19. The number of fused-ring (bicyclic) bond motifs is 3. The molecule has 0 aliphatic heterocycles. The lowest BCUT2D eigenvalue weighted by molar-refractivity contribution is 0.249. The number of aromatic nitrogens is 2. The highest BCUT2D eigenvalue weighted by atomic mass is 32.1. The van der Waals surface area contributed by atoms with Crippen LogP contribution in [0.2, 0.25) is 0 Å². The fraction of sp³-hybridized carbons (Fsp3) is 0.286. The molecule has 144 valence electrons. The Bertz CT molecular complexity index is 1010. The molecule has 28 heavy (non-hydrogen) atoms. The minimum absolute atomic E-state index is 0.447. The molecule has 7 heteroatoms. The van der Waals surface area contributed by atoms with Gasteiger partial charge in [-0.1, -0.05) is 36.4 Å². The molecular weight excluding hydrogens is 370 g/mol. The number of benzene rings is 1. The molecule has 2 aromatic heterocycles. The minimum atomic E-state index is -0.519. The number of aryl methyl sites for hydroxylation is 2. The van der Waals surface area contributed by atoms with E-state index in [-0.39, 0.29) is 0 Å². The van der Waals surface area contributed by atoms with Crippen LogP contribution in [-0.4, -0.2) is 29.1 Å². The third-order valence-corrected chi connectivity index (χ3v) is 5.96. The number of primary amides is 1. The first-order valence-electron chi connectivity index (χ1n) is 9.53. The number of rotatable bonds is 6. The molecule has 0 saturated carbocycles. The van der Waals surface area contributed by atoms with Gasteiger partial charge in [0.2, 0.25) is 0 Å². The largest absolute Gasteiger partial charge is 0.368 e. The molecule has 0 atom stereocenters. The second-order valence-electron chi connectivity index (χ2n) is 6.78. The number of thiophene rings is 1. The van der Waals surface area contributed by atoms with E-state index in [0.717, 1.165) is 34.4 Å². The standard InChI is InChI=1S/C21H23N5OS/c22-21(27)24-13-12-23-19-18-15-8-4-5-9-16(15)28-20(18)26-17(25-19)11-10-14-6-2-1-3-7-14/h1-3,6-7,10-11H,4-5,8-9,12-13H2,(H3,22,24,27)(H,23,25,26). The monoisotopic (exact) mass is 393 g/mol. The van der Waals surface area contributed by atoms with Gasteiger partial charge in [0.25, 0.3) is 0 Å². The van der Waals surface area contributed by atoms with Crippen LogP contribution in [0.3, 0.4) is 0 Å². The van der Waals surface area contributed by atoms with E-state index < -0.39 is 6.03 Å². The quantitative estimate of drug-likeness (QED) is 0.555. The molecule has 0 radical (unpaired) electrons. The van der Waals surface area contributed by atoms with Gasteiger partial charge in [-0.2, -0.15) is 0 Å². The topological polar surface area (TPSA) is 92.9 Å². The van der Waals surface area contributed by atoms with Crippen LogP contribution in [-0.2, 0) is 12.8 Å². The van der Waals surface area contributed by atoms with Crippen LogP contribution in [0.5, 0.6) is 0 Å². The number of anilines is 1. The zero-order chi connectivity index (χ0) is 19.3.